The lowest BCUT2D eigenvalue weighted by atomic mass is 9.83. The molecular formula is C35H41N3O6. The summed E-state index contributed by atoms with van der Waals surface area (Å²) in [5, 5.41) is 8.35. The van der Waals surface area contributed by atoms with Gasteiger partial charge in [-0.2, -0.15) is 0 Å². The molecule has 0 unspecified atom stereocenters. The van der Waals surface area contributed by atoms with Crippen LogP contribution in [-0.2, 0) is 22.6 Å². The molecule has 0 radical (unpaired) electrons. The highest BCUT2D eigenvalue weighted by atomic mass is 16.5. The number of carbonyl (C=O) groups excluding carboxylic acids is 1. The van der Waals surface area contributed by atoms with Crippen molar-refractivity contribution in [3.8, 4) is 17.4 Å². The maximum absolute atomic E-state index is 12.6. The summed E-state index contributed by atoms with van der Waals surface area (Å²) in [7, 11) is 1.63. The zero-order valence-corrected chi connectivity index (χ0v) is 25.5. The van der Waals surface area contributed by atoms with Crippen LogP contribution in [0.1, 0.15) is 72.1 Å². The van der Waals surface area contributed by atoms with Gasteiger partial charge in [-0.05, 0) is 79.5 Å². The van der Waals surface area contributed by atoms with Crippen LogP contribution in [0.15, 0.2) is 78.9 Å². The third-order valence-electron chi connectivity index (χ3n) is 7.77. The highest BCUT2D eigenvalue weighted by Gasteiger charge is 2.29. The van der Waals surface area contributed by atoms with Crippen molar-refractivity contribution in [2.24, 2.45) is 0 Å². The van der Waals surface area contributed by atoms with Gasteiger partial charge in [0.2, 0.25) is 11.6 Å². The number of benzene rings is 3. The van der Waals surface area contributed by atoms with Gasteiger partial charge in [0.1, 0.15) is 17.6 Å². The van der Waals surface area contributed by atoms with Crippen LogP contribution in [0.25, 0.3) is 0 Å². The van der Waals surface area contributed by atoms with Crippen LogP contribution in [0.2, 0.25) is 0 Å². The smallest absolute Gasteiger partial charge is 0.364 e. The molecule has 44 heavy (non-hydrogen) atoms. The number of rotatable bonds is 15. The van der Waals surface area contributed by atoms with Gasteiger partial charge in [0.15, 0.2) is 0 Å². The van der Waals surface area contributed by atoms with Crippen LogP contribution in [0.5, 0.6) is 17.4 Å². The fraction of sp³-hybridized carbons (Fsp3) is 0.400. The van der Waals surface area contributed by atoms with E-state index in [2.05, 4.69) is 46.7 Å². The second-order valence-electron chi connectivity index (χ2n) is 10.9. The van der Waals surface area contributed by atoms with Crippen molar-refractivity contribution in [3.63, 3.8) is 0 Å². The Balaban J connectivity index is 1.10. The predicted octanol–water partition coefficient (Wildman–Crippen LogP) is 6.60. The molecule has 4 aromatic rings. The van der Waals surface area contributed by atoms with Crippen LogP contribution in [-0.4, -0.2) is 54.0 Å². The fourth-order valence-electron chi connectivity index (χ4n) is 5.38. The molecule has 1 aliphatic carbocycles. The van der Waals surface area contributed by atoms with Crippen LogP contribution >= 0.6 is 0 Å². The Morgan fingerprint density at radius 1 is 0.864 bits per heavy atom. The molecular weight excluding hydrogens is 558 g/mol. The maximum Gasteiger partial charge on any atom is 0.364 e. The fourth-order valence-corrected chi connectivity index (χ4v) is 5.38. The molecule has 0 amide bonds. The number of aromatic nitrogens is 3. The molecule has 5 rings (SSSR count). The second-order valence-corrected chi connectivity index (χ2v) is 10.9. The van der Waals surface area contributed by atoms with Crippen molar-refractivity contribution in [2.45, 2.75) is 64.2 Å². The summed E-state index contributed by atoms with van der Waals surface area (Å²) in [6.45, 7) is 4.34. The maximum atomic E-state index is 12.6. The van der Waals surface area contributed by atoms with E-state index in [0.717, 1.165) is 49.2 Å². The molecule has 0 saturated heterocycles. The van der Waals surface area contributed by atoms with Gasteiger partial charge < -0.3 is 23.7 Å². The molecule has 1 saturated carbocycles. The minimum Gasteiger partial charge on any atom is -0.497 e. The van der Waals surface area contributed by atoms with Gasteiger partial charge in [0.25, 0.3) is 0 Å². The first-order valence-electron chi connectivity index (χ1n) is 15.4. The quantitative estimate of drug-likeness (QED) is 0.111. The van der Waals surface area contributed by atoms with Gasteiger partial charge in [0, 0.05) is 6.42 Å². The van der Waals surface area contributed by atoms with Crippen molar-refractivity contribution in [1.82, 2.24) is 15.0 Å². The van der Waals surface area contributed by atoms with Crippen LogP contribution in [0, 0.1) is 0 Å². The van der Waals surface area contributed by atoms with E-state index in [-0.39, 0.29) is 18.4 Å². The average molecular weight is 600 g/mol. The van der Waals surface area contributed by atoms with Gasteiger partial charge in [-0.25, -0.2) is 9.48 Å². The number of carbonyl (C=O) groups is 1. The lowest BCUT2D eigenvalue weighted by Crippen LogP contribution is -2.25. The van der Waals surface area contributed by atoms with E-state index in [1.165, 1.54) is 11.1 Å². The molecule has 0 atom stereocenters. The minimum absolute atomic E-state index is 0.0424. The number of ether oxygens (including phenoxy) is 5. The molecule has 3 aromatic carbocycles. The molecule has 232 valence electrons. The van der Waals surface area contributed by atoms with E-state index in [1.807, 2.05) is 42.5 Å². The first-order valence-corrected chi connectivity index (χ1v) is 15.4. The van der Waals surface area contributed by atoms with E-state index < -0.39 is 5.97 Å². The predicted molar refractivity (Wildman–Crippen MR) is 166 cm³/mol. The Morgan fingerprint density at radius 3 is 2.30 bits per heavy atom. The summed E-state index contributed by atoms with van der Waals surface area (Å²) in [4.78, 5) is 12.6. The molecule has 1 heterocycles. The molecule has 0 bridgehead atoms. The Labute approximate surface area is 259 Å². The zero-order chi connectivity index (χ0) is 30.6. The van der Waals surface area contributed by atoms with E-state index >= 15 is 0 Å². The molecule has 0 aliphatic heterocycles. The summed E-state index contributed by atoms with van der Waals surface area (Å²) < 4.78 is 30.2. The van der Waals surface area contributed by atoms with Crippen molar-refractivity contribution >= 4 is 5.97 Å². The molecule has 9 heteroatoms. The molecule has 9 nitrogen and oxygen atoms in total. The Morgan fingerprint density at radius 2 is 1.59 bits per heavy atom. The number of nitrogens with zero attached hydrogens (tertiary/aromatic N) is 3. The summed E-state index contributed by atoms with van der Waals surface area (Å²) in [5.41, 5.74) is 3.59. The van der Waals surface area contributed by atoms with Crippen molar-refractivity contribution in [2.75, 3.05) is 26.9 Å². The average Bonchev–Trinajstić information content (AvgIpc) is 3.46. The van der Waals surface area contributed by atoms with E-state index in [0.29, 0.717) is 38.2 Å². The Bertz CT molecular complexity index is 1430. The summed E-state index contributed by atoms with van der Waals surface area (Å²) in [5.74, 6) is 1.92. The number of esters is 1. The summed E-state index contributed by atoms with van der Waals surface area (Å²) in [6, 6.07) is 26.3. The Hall–Kier alpha value is -4.37. The third-order valence-corrected chi connectivity index (χ3v) is 7.77. The number of hydrogen-bond acceptors (Lipinski definition) is 8. The largest absolute Gasteiger partial charge is 0.497 e. The standard InChI is InChI=1S/C35H41N3O6/c1-3-42-35(39)33-34(38(37-36-33)24-26-10-16-30(40-2)17-11-26)44-32-20-14-29(15-21-32)28-12-18-31(19-13-28)43-23-7-22-41-25-27-8-5-4-6-9-27/h4-6,8-13,16-19,29,32H,3,7,14-15,20-25H2,1-2H3/t29-,32-. The van der Waals surface area contributed by atoms with E-state index in [1.54, 1.807) is 18.7 Å². The van der Waals surface area contributed by atoms with Gasteiger partial charge in [0.05, 0.1) is 40.1 Å². The lowest BCUT2D eigenvalue weighted by molar-refractivity contribution is 0.0507. The first kappa shape index (κ1) is 31.1. The molecule has 1 fully saturated rings. The van der Waals surface area contributed by atoms with Crippen molar-refractivity contribution in [3.05, 3.63) is 101 Å². The van der Waals surface area contributed by atoms with Crippen LogP contribution in [0.4, 0.5) is 0 Å². The first-order chi connectivity index (χ1) is 21.6. The zero-order valence-electron chi connectivity index (χ0n) is 25.5. The van der Waals surface area contributed by atoms with Gasteiger partial charge >= 0.3 is 5.97 Å². The number of methoxy groups -OCH3 is 1. The molecule has 1 aromatic heterocycles. The SMILES string of the molecule is CCOC(=O)c1nnn(Cc2ccc(OC)cc2)c1O[C@H]1CC[C@H](c2ccc(OCCCOCc3ccccc3)cc2)CC1. The highest BCUT2D eigenvalue weighted by molar-refractivity contribution is 5.89. The van der Waals surface area contributed by atoms with Crippen LogP contribution < -0.4 is 14.2 Å². The lowest BCUT2D eigenvalue weighted by Gasteiger charge is -2.29. The summed E-state index contributed by atoms with van der Waals surface area (Å²) >= 11 is 0. The molecule has 0 spiro atoms. The van der Waals surface area contributed by atoms with Crippen LogP contribution in [0.3, 0.4) is 0 Å². The van der Waals surface area contributed by atoms with E-state index in [9.17, 15) is 4.79 Å². The second kappa shape index (κ2) is 15.9. The van der Waals surface area contributed by atoms with Gasteiger partial charge in [-0.3, -0.25) is 0 Å². The molecule has 0 N–H and O–H groups in total. The Kier molecular flexibility index (Phi) is 11.2. The minimum atomic E-state index is -0.529. The third kappa shape index (κ3) is 8.60. The molecule has 1 aliphatic rings. The van der Waals surface area contributed by atoms with Crippen molar-refractivity contribution in [1.29, 1.82) is 0 Å². The van der Waals surface area contributed by atoms with Gasteiger partial charge in [-0.15, -0.1) is 5.10 Å². The monoisotopic (exact) mass is 599 g/mol. The van der Waals surface area contributed by atoms with E-state index in [4.69, 9.17) is 23.7 Å². The summed E-state index contributed by atoms with van der Waals surface area (Å²) in [6.07, 6.45) is 4.49. The highest BCUT2D eigenvalue weighted by Crippen LogP contribution is 2.36. The van der Waals surface area contributed by atoms with Gasteiger partial charge in [-0.1, -0.05) is 59.8 Å². The van der Waals surface area contributed by atoms with Crippen molar-refractivity contribution < 1.29 is 28.5 Å². The normalized spacial score (nSPS) is 16.3. The number of hydrogen-bond donors (Lipinski definition) is 0. The topological polar surface area (TPSA) is 93.9 Å².